The molecule has 2 rings (SSSR count). The minimum atomic E-state index is -3.60. The number of rotatable bonds is 7. The summed E-state index contributed by atoms with van der Waals surface area (Å²) in [7, 11) is -3.60. The Labute approximate surface area is 149 Å². The molecule has 0 saturated heterocycles. The fraction of sp³-hybridized carbons (Fsp3) is 0.316. The number of sulfonamides is 1. The normalized spacial score (nSPS) is 12.4. The highest BCUT2D eigenvalue weighted by Crippen LogP contribution is 2.23. The number of carbonyl (C=O) groups is 1. The Morgan fingerprint density at radius 1 is 1.04 bits per heavy atom. The first-order valence-electron chi connectivity index (χ1n) is 8.31. The van der Waals surface area contributed by atoms with Gasteiger partial charge in [-0.05, 0) is 42.7 Å². The molecule has 2 aromatic rings. The van der Waals surface area contributed by atoms with Crippen molar-refractivity contribution < 1.29 is 13.2 Å². The highest BCUT2D eigenvalue weighted by Gasteiger charge is 2.31. The molecule has 0 aromatic heterocycles. The fourth-order valence-corrected chi connectivity index (χ4v) is 3.90. The number of anilines is 2. The maximum absolute atomic E-state index is 12.7. The lowest BCUT2D eigenvalue weighted by molar-refractivity contribution is -0.117. The van der Waals surface area contributed by atoms with Gasteiger partial charge in [0.25, 0.3) is 0 Å². The summed E-state index contributed by atoms with van der Waals surface area (Å²) in [6, 6.07) is 15.4. The molecule has 1 N–H and O–H groups in total. The van der Waals surface area contributed by atoms with E-state index in [1.54, 1.807) is 37.3 Å². The third kappa shape index (κ3) is 4.82. The number of hydrogen-bond donors (Lipinski definition) is 1. The van der Waals surface area contributed by atoms with Gasteiger partial charge in [-0.1, -0.05) is 44.2 Å². The summed E-state index contributed by atoms with van der Waals surface area (Å²) in [6.07, 6.45) is 2.40. The van der Waals surface area contributed by atoms with E-state index in [9.17, 15) is 13.2 Å². The number of para-hydroxylation sites is 1. The van der Waals surface area contributed by atoms with E-state index in [0.717, 1.165) is 12.7 Å². The van der Waals surface area contributed by atoms with Gasteiger partial charge in [-0.2, -0.15) is 0 Å². The van der Waals surface area contributed by atoms with Crippen molar-refractivity contribution in [2.24, 2.45) is 0 Å². The van der Waals surface area contributed by atoms with Crippen LogP contribution in [0.3, 0.4) is 0 Å². The van der Waals surface area contributed by atoms with Crippen LogP contribution < -0.4 is 9.62 Å². The summed E-state index contributed by atoms with van der Waals surface area (Å²) in [5, 5.41) is 2.82. The monoisotopic (exact) mass is 360 g/mol. The molecule has 1 amide bonds. The average Bonchev–Trinajstić information content (AvgIpc) is 2.59. The van der Waals surface area contributed by atoms with E-state index < -0.39 is 16.1 Å². The molecule has 5 nitrogen and oxygen atoms in total. The molecule has 0 bridgehead atoms. The van der Waals surface area contributed by atoms with Crippen LogP contribution in [-0.2, 0) is 21.2 Å². The zero-order valence-corrected chi connectivity index (χ0v) is 15.6. The zero-order chi connectivity index (χ0) is 18.4. The van der Waals surface area contributed by atoms with Gasteiger partial charge < -0.3 is 5.32 Å². The van der Waals surface area contributed by atoms with Gasteiger partial charge in [-0.3, -0.25) is 9.10 Å². The first-order valence-corrected chi connectivity index (χ1v) is 10.2. The lowest BCUT2D eigenvalue weighted by Gasteiger charge is -2.30. The summed E-state index contributed by atoms with van der Waals surface area (Å²) < 4.78 is 25.8. The number of nitrogens with one attached hydrogen (secondary N) is 1. The average molecular weight is 360 g/mol. The van der Waals surface area contributed by atoms with E-state index in [-0.39, 0.29) is 5.91 Å². The van der Waals surface area contributed by atoms with Crippen LogP contribution in [0.4, 0.5) is 11.4 Å². The number of carbonyl (C=O) groups excluding carboxylic acids is 1. The van der Waals surface area contributed by atoms with E-state index in [1.165, 1.54) is 9.87 Å². The molecule has 0 radical (unpaired) electrons. The van der Waals surface area contributed by atoms with Crippen molar-refractivity contribution in [3.8, 4) is 0 Å². The highest BCUT2D eigenvalue weighted by molar-refractivity contribution is 7.92. The smallest absolute Gasteiger partial charge is 0.248 e. The summed E-state index contributed by atoms with van der Waals surface area (Å²) >= 11 is 0. The molecule has 0 aliphatic carbocycles. The van der Waals surface area contributed by atoms with Crippen LogP contribution in [0.5, 0.6) is 0 Å². The summed E-state index contributed by atoms with van der Waals surface area (Å²) in [6.45, 7) is 3.86. The lowest BCUT2D eigenvalue weighted by atomic mass is 10.1. The van der Waals surface area contributed by atoms with Crippen LogP contribution >= 0.6 is 0 Å². The lowest BCUT2D eigenvalue weighted by Crippen LogP contribution is -2.46. The summed E-state index contributed by atoms with van der Waals surface area (Å²) in [4.78, 5) is 12.7. The first-order chi connectivity index (χ1) is 11.9. The number of benzene rings is 2. The van der Waals surface area contributed by atoms with E-state index in [0.29, 0.717) is 17.8 Å². The van der Waals surface area contributed by atoms with E-state index in [2.05, 4.69) is 12.2 Å². The largest absolute Gasteiger partial charge is 0.324 e. The first kappa shape index (κ1) is 19.0. The molecule has 0 saturated carbocycles. The van der Waals surface area contributed by atoms with Crippen LogP contribution in [-0.4, -0.2) is 26.6 Å². The Kier molecular flexibility index (Phi) is 6.20. The quantitative estimate of drug-likeness (QED) is 0.822. The maximum atomic E-state index is 12.7. The summed E-state index contributed by atoms with van der Waals surface area (Å²) in [5.41, 5.74) is 2.31. The molecule has 0 aliphatic heterocycles. The topological polar surface area (TPSA) is 66.5 Å². The van der Waals surface area contributed by atoms with Gasteiger partial charge in [0.2, 0.25) is 15.9 Å². The molecule has 0 heterocycles. The van der Waals surface area contributed by atoms with Crippen molar-refractivity contribution in [3.63, 3.8) is 0 Å². The van der Waals surface area contributed by atoms with Gasteiger partial charge in [0.15, 0.2) is 0 Å². The predicted molar refractivity (Wildman–Crippen MR) is 102 cm³/mol. The molecule has 134 valence electrons. The second kappa shape index (κ2) is 8.16. The molecule has 1 atom stereocenters. The van der Waals surface area contributed by atoms with E-state index in [1.807, 2.05) is 24.3 Å². The molecule has 0 fully saturated rings. The van der Waals surface area contributed by atoms with Crippen molar-refractivity contribution >= 4 is 27.3 Å². The molecule has 25 heavy (non-hydrogen) atoms. The minimum absolute atomic E-state index is 0.346. The Morgan fingerprint density at radius 3 is 2.12 bits per heavy atom. The van der Waals surface area contributed by atoms with Crippen molar-refractivity contribution in [2.75, 3.05) is 15.9 Å². The number of hydrogen-bond acceptors (Lipinski definition) is 3. The Hall–Kier alpha value is -2.34. The molecule has 1 unspecified atom stereocenters. The van der Waals surface area contributed by atoms with Crippen LogP contribution in [0.2, 0.25) is 0 Å². The van der Waals surface area contributed by atoms with Crippen LogP contribution in [0.15, 0.2) is 54.6 Å². The third-order valence-corrected chi connectivity index (χ3v) is 5.15. The minimum Gasteiger partial charge on any atom is -0.324 e. The van der Waals surface area contributed by atoms with Crippen molar-refractivity contribution in [2.45, 2.75) is 32.7 Å². The number of aryl methyl sites for hydroxylation is 1. The number of amides is 1. The molecule has 6 heteroatoms. The van der Waals surface area contributed by atoms with Gasteiger partial charge in [0.05, 0.1) is 11.9 Å². The fourth-order valence-electron chi connectivity index (χ4n) is 2.68. The Bertz CT molecular complexity index is 802. The van der Waals surface area contributed by atoms with E-state index in [4.69, 9.17) is 0 Å². The van der Waals surface area contributed by atoms with E-state index >= 15 is 0 Å². The maximum Gasteiger partial charge on any atom is 0.248 e. The Morgan fingerprint density at radius 2 is 1.64 bits per heavy atom. The summed E-state index contributed by atoms with van der Waals surface area (Å²) in [5.74, 6) is -0.346. The third-order valence-electron chi connectivity index (χ3n) is 3.97. The van der Waals surface area contributed by atoms with Crippen LogP contribution in [0.25, 0.3) is 0 Å². The van der Waals surface area contributed by atoms with Crippen molar-refractivity contribution in [1.82, 2.24) is 0 Å². The van der Waals surface area contributed by atoms with Gasteiger partial charge >= 0.3 is 0 Å². The van der Waals surface area contributed by atoms with Crippen LogP contribution in [0, 0.1) is 0 Å². The zero-order valence-electron chi connectivity index (χ0n) is 14.8. The molecule has 0 aliphatic rings. The Balaban J connectivity index is 2.29. The van der Waals surface area contributed by atoms with Crippen molar-refractivity contribution in [1.29, 1.82) is 0 Å². The number of nitrogens with zero attached hydrogens (tertiary/aromatic N) is 1. The molecule has 0 spiro atoms. The second-order valence-electron chi connectivity index (χ2n) is 5.86. The predicted octanol–water partition coefficient (Wildman–Crippen LogP) is 3.43. The molecular formula is C19H24N2O3S. The standard InChI is InChI=1S/C19H24N2O3S/c1-4-15-11-13-16(14-12-15)20-19(22)18(5-2)21(25(3,23)24)17-9-7-6-8-10-17/h6-14,18H,4-5H2,1-3H3,(H,20,22). The van der Waals surface area contributed by atoms with Crippen LogP contribution in [0.1, 0.15) is 25.8 Å². The molecular weight excluding hydrogens is 336 g/mol. The van der Waals surface area contributed by atoms with Gasteiger partial charge in [-0.15, -0.1) is 0 Å². The van der Waals surface area contributed by atoms with Crippen molar-refractivity contribution in [3.05, 3.63) is 60.2 Å². The van der Waals surface area contributed by atoms with Gasteiger partial charge in [0, 0.05) is 5.69 Å². The molecule has 2 aromatic carbocycles. The SMILES string of the molecule is CCc1ccc(NC(=O)C(CC)N(c2ccccc2)S(C)(=O)=O)cc1. The highest BCUT2D eigenvalue weighted by atomic mass is 32.2. The van der Waals surface area contributed by atoms with Gasteiger partial charge in [-0.25, -0.2) is 8.42 Å². The van der Waals surface area contributed by atoms with Gasteiger partial charge in [0.1, 0.15) is 6.04 Å². The second-order valence-corrected chi connectivity index (χ2v) is 7.72.